The molecule has 0 saturated heterocycles. The molecule has 0 amide bonds. The summed E-state index contributed by atoms with van der Waals surface area (Å²) in [5.74, 6) is 0. The smallest absolute Gasteiger partial charge is 0.258 e. The first kappa shape index (κ1) is 13.7. The summed E-state index contributed by atoms with van der Waals surface area (Å²) in [4.78, 5) is 12.0. The molecular formula is C13H8N4O2S. The number of rotatable bonds is 4. The number of benzene rings is 2. The maximum absolute atomic E-state index is 10.6. The second-order valence-corrected chi connectivity index (χ2v) is 4.79. The molecule has 0 bridgehead atoms. The lowest BCUT2D eigenvalue weighted by Gasteiger charge is -2.01. The summed E-state index contributed by atoms with van der Waals surface area (Å²) >= 11 is 1.48. The molecule has 2 rings (SSSR count). The predicted octanol–water partition coefficient (Wildman–Crippen LogP) is 4.31. The summed E-state index contributed by atoms with van der Waals surface area (Å²) in [6.45, 7) is 0. The van der Waals surface area contributed by atoms with Gasteiger partial charge in [-0.05, 0) is 36.4 Å². The second-order valence-electron chi connectivity index (χ2n) is 3.65. The zero-order chi connectivity index (χ0) is 14.4. The van der Waals surface area contributed by atoms with Crippen molar-refractivity contribution in [3.8, 4) is 6.19 Å². The van der Waals surface area contributed by atoms with Crippen LogP contribution in [0, 0.1) is 21.6 Å². The molecule has 2 aromatic carbocycles. The highest BCUT2D eigenvalue weighted by Crippen LogP contribution is 2.30. The maximum atomic E-state index is 10.6. The molecule has 0 aliphatic heterocycles. The third kappa shape index (κ3) is 3.63. The highest BCUT2D eigenvalue weighted by atomic mass is 32.2. The van der Waals surface area contributed by atoms with Crippen molar-refractivity contribution < 1.29 is 4.92 Å². The number of non-ortho nitro benzene ring substituents is 1. The Labute approximate surface area is 118 Å². The van der Waals surface area contributed by atoms with E-state index in [1.54, 1.807) is 30.5 Å². The summed E-state index contributed by atoms with van der Waals surface area (Å²) in [5.41, 5.74) is 0.668. The molecule has 2 aromatic rings. The Morgan fingerprint density at radius 3 is 2.10 bits per heavy atom. The van der Waals surface area contributed by atoms with E-state index in [2.05, 4.69) is 10.2 Å². The van der Waals surface area contributed by atoms with Crippen LogP contribution < -0.4 is 0 Å². The third-order valence-corrected chi connectivity index (χ3v) is 3.35. The van der Waals surface area contributed by atoms with Crippen molar-refractivity contribution in [3.05, 3.63) is 58.6 Å². The van der Waals surface area contributed by atoms with E-state index in [-0.39, 0.29) is 5.69 Å². The maximum Gasteiger partial charge on any atom is 0.269 e. The number of azo groups is 1. The van der Waals surface area contributed by atoms with E-state index in [4.69, 9.17) is 5.26 Å². The second kappa shape index (κ2) is 6.45. The van der Waals surface area contributed by atoms with Crippen molar-refractivity contribution >= 4 is 23.1 Å². The summed E-state index contributed by atoms with van der Waals surface area (Å²) in [6.07, 6.45) is 1.58. The van der Waals surface area contributed by atoms with Crippen molar-refractivity contribution in [2.24, 2.45) is 10.2 Å². The highest BCUT2D eigenvalue weighted by Gasteiger charge is 2.04. The van der Waals surface area contributed by atoms with Gasteiger partial charge in [0.2, 0.25) is 6.19 Å². The van der Waals surface area contributed by atoms with Crippen LogP contribution >= 0.6 is 11.8 Å². The molecule has 0 unspecified atom stereocenters. The largest absolute Gasteiger partial charge is 0.269 e. The Morgan fingerprint density at radius 2 is 1.60 bits per heavy atom. The SMILES string of the molecule is N#CN=Nc1ccc(Sc2ccc([N+](=O)[O-])cc2)cc1. The van der Waals surface area contributed by atoms with E-state index in [0.29, 0.717) is 5.69 Å². The quantitative estimate of drug-likeness (QED) is 0.362. The summed E-state index contributed by atoms with van der Waals surface area (Å²) in [7, 11) is 0. The van der Waals surface area contributed by atoms with E-state index in [9.17, 15) is 10.1 Å². The van der Waals surface area contributed by atoms with Crippen LogP contribution in [0.3, 0.4) is 0 Å². The van der Waals surface area contributed by atoms with Gasteiger partial charge in [0.15, 0.2) is 0 Å². The molecule has 98 valence electrons. The van der Waals surface area contributed by atoms with Gasteiger partial charge in [0.25, 0.3) is 5.69 Å². The topological polar surface area (TPSA) is 91.7 Å². The summed E-state index contributed by atoms with van der Waals surface area (Å²) in [5, 5.41) is 25.8. The van der Waals surface area contributed by atoms with Gasteiger partial charge in [-0.1, -0.05) is 16.9 Å². The predicted molar refractivity (Wildman–Crippen MR) is 73.8 cm³/mol. The standard InChI is InChI=1S/C13H8N4O2S/c14-9-15-16-10-1-5-12(6-2-10)20-13-7-3-11(4-8-13)17(18)19/h1-8H. The minimum atomic E-state index is -0.427. The first-order valence-electron chi connectivity index (χ1n) is 5.51. The molecule has 6 nitrogen and oxygen atoms in total. The molecular weight excluding hydrogens is 276 g/mol. The van der Waals surface area contributed by atoms with Gasteiger partial charge in [-0.15, -0.1) is 5.11 Å². The molecule has 7 heteroatoms. The summed E-state index contributed by atoms with van der Waals surface area (Å²) in [6, 6.07) is 13.5. The van der Waals surface area contributed by atoms with Gasteiger partial charge >= 0.3 is 0 Å². The van der Waals surface area contributed by atoms with Crippen molar-refractivity contribution in [3.63, 3.8) is 0 Å². The number of hydrogen-bond donors (Lipinski definition) is 0. The van der Waals surface area contributed by atoms with E-state index in [0.717, 1.165) is 9.79 Å². The monoisotopic (exact) mass is 284 g/mol. The average molecular weight is 284 g/mol. The van der Waals surface area contributed by atoms with Gasteiger partial charge in [0.1, 0.15) is 0 Å². The lowest BCUT2D eigenvalue weighted by molar-refractivity contribution is -0.384. The Bertz CT molecular complexity index is 675. The van der Waals surface area contributed by atoms with E-state index in [1.807, 2.05) is 12.1 Å². The molecule has 0 heterocycles. The molecule has 0 atom stereocenters. The first-order valence-corrected chi connectivity index (χ1v) is 6.33. The van der Waals surface area contributed by atoms with E-state index < -0.39 is 4.92 Å². The molecule has 20 heavy (non-hydrogen) atoms. The van der Waals surface area contributed by atoms with Gasteiger partial charge in [-0.2, -0.15) is 5.26 Å². The van der Waals surface area contributed by atoms with Gasteiger partial charge < -0.3 is 0 Å². The van der Waals surface area contributed by atoms with Gasteiger partial charge in [0, 0.05) is 21.9 Å². The fraction of sp³-hybridized carbons (Fsp3) is 0. The Hall–Kier alpha value is -2.72. The molecule has 0 aliphatic carbocycles. The van der Waals surface area contributed by atoms with Gasteiger partial charge in [0.05, 0.1) is 10.6 Å². The van der Waals surface area contributed by atoms with Crippen LogP contribution in [0.4, 0.5) is 11.4 Å². The number of nitriles is 1. The van der Waals surface area contributed by atoms with Crippen LogP contribution in [0.2, 0.25) is 0 Å². The highest BCUT2D eigenvalue weighted by molar-refractivity contribution is 7.99. The minimum absolute atomic E-state index is 0.0709. The lowest BCUT2D eigenvalue weighted by Crippen LogP contribution is -1.86. The zero-order valence-corrected chi connectivity index (χ0v) is 10.9. The normalized spacial score (nSPS) is 10.3. The number of nitrogens with zero attached hydrogens (tertiary/aromatic N) is 4. The number of nitro groups is 1. The van der Waals surface area contributed by atoms with Crippen LogP contribution in [0.5, 0.6) is 0 Å². The number of hydrogen-bond acceptors (Lipinski definition) is 6. The zero-order valence-electron chi connectivity index (χ0n) is 10.1. The molecule has 0 spiro atoms. The van der Waals surface area contributed by atoms with E-state index >= 15 is 0 Å². The fourth-order valence-corrected chi connectivity index (χ4v) is 2.25. The Morgan fingerprint density at radius 1 is 1.05 bits per heavy atom. The van der Waals surface area contributed by atoms with Crippen LogP contribution in [0.15, 0.2) is 68.6 Å². The molecule has 0 aliphatic rings. The van der Waals surface area contributed by atoms with Crippen molar-refractivity contribution in [1.29, 1.82) is 5.26 Å². The van der Waals surface area contributed by atoms with Crippen LogP contribution in [0.1, 0.15) is 0 Å². The van der Waals surface area contributed by atoms with Crippen LogP contribution in [0.25, 0.3) is 0 Å². The molecule has 0 saturated carbocycles. The van der Waals surface area contributed by atoms with Crippen molar-refractivity contribution in [2.75, 3.05) is 0 Å². The Kier molecular flexibility index (Phi) is 4.42. The van der Waals surface area contributed by atoms with Crippen molar-refractivity contribution in [2.45, 2.75) is 9.79 Å². The molecule has 0 radical (unpaired) electrons. The van der Waals surface area contributed by atoms with E-state index in [1.165, 1.54) is 23.9 Å². The number of nitro benzene ring substituents is 1. The molecule has 0 aromatic heterocycles. The fourth-order valence-electron chi connectivity index (χ4n) is 1.43. The Balaban J connectivity index is 2.08. The van der Waals surface area contributed by atoms with Crippen molar-refractivity contribution in [1.82, 2.24) is 0 Å². The first-order chi connectivity index (χ1) is 9.69. The average Bonchev–Trinajstić information content (AvgIpc) is 2.47. The minimum Gasteiger partial charge on any atom is -0.258 e. The van der Waals surface area contributed by atoms with Gasteiger partial charge in [-0.25, -0.2) is 0 Å². The lowest BCUT2D eigenvalue weighted by atomic mass is 10.3. The van der Waals surface area contributed by atoms with Crippen LogP contribution in [-0.4, -0.2) is 4.92 Å². The molecule has 0 N–H and O–H groups in total. The summed E-state index contributed by atoms with van der Waals surface area (Å²) < 4.78 is 0. The van der Waals surface area contributed by atoms with Crippen LogP contribution in [-0.2, 0) is 0 Å². The van der Waals surface area contributed by atoms with Gasteiger partial charge in [-0.3, -0.25) is 10.1 Å². The molecule has 0 fully saturated rings. The third-order valence-electron chi connectivity index (χ3n) is 2.33.